The van der Waals surface area contributed by atoms with E-state index in [-0.39, 0.29) is 11.3 Å². The summed E-state index contributed by atoms with van der Waals surface area (Å²) in [6, 6.07) is 8.98. The number of carbonyl (C=O) groups excluding carboxylic acids is 1. The van der Waals surface area contributed by atoms with E-state index in [9.17, 15) is 14.9 Å². The summed E-state index contributed by atoms with van der Waals surface area (Å²) in [5, 5.41) is 14.7. The van der Waals surface area contributed by atoms with Crippen LogP contribution in [0.2, 0.25) is 0 Å². The maximum Gasteiger partial charge on any atom is 0.271 e. The average Bonchev–Trinajstić information content (AvgIpc) is 2.63. The van der Waals surface area contributed by atoms with Gasteiger partial charge in [-0.05, 0) is 53.3 Å². The minimum atomic E-state index is -0.561. The highest BCUT2D eigenvalue weighted by atomic mass is 127. The highest BCUT2D eigenvalue weighted by Gasteiger charge is 2.12. The van der Waals surface area contributed by atoms with Crippen molar-refractivity contribution in [3.8, 4) is 11.5 Å². The molecule has 136 valence electrons. The third kappa shape index (κ3) is 4.91. The monoisotopic (exact) mass is 469 g/mol. The number of nitrogens with zero attached hydrogens (tertiary/aromatic N) is 2. The Bertz CT molecular complexity index is 854. The van der Waals surface area contributed by atoms with Gasteiger partial charge in [0.1, 0.15) is 0 Å². The summed E-state index contributed by atoms with van der Waals surface area (Å²) in [7, 11) is 1.54. The van der Waals surface area contributed by atoms with Gasteiger partial charge in [0.05, 0.1) is 28.4 Å². The van der Waals surface area contributed by atoms with Gasteiger partial charge in [0.25, 0.3) is 11.6 Å². The smallest absolute Gasteiger partial charge is 0.271 e. The summed E-state index contributed by atoms with van der Waals surface area (Å²) >= 11 is 2.12. The van der Waals surface area contributed by atoms with Gasteiger partial charge in [-0.1, -0.05) is 6.07 Å². The first kappa shape index (κ1) is 19.6. The summed E-state index contributed by atoms with van der Waals surface area (Å²) in [4.78, 5) is 22.2. The van der Waals surface area contributed by atoms with Crippen molar-refractivity contribution in [2.45, 2.75) is 6.92 Å². The van der Waals surface area contributed by atoms with E-state index in [1.807, 2.05) is 13.0 Å². The first-order valence-corrected chi connectivity index (χ1v) is 8.62. The molecule has 2 aromatic rings. The molecule has 0 saturated carbocycles. The normalized spacial score (nSPS) is 10.6. The second-order valence-corrected chi connectivity index (χ2v) is 6.14. The number of rotatable bonds is 7. The quantitative estimate of drug-likeness (QED) is 0.290. The zero-order valence-corrected chi connectivity index (χ0v) is 16.2. The molecule has 0 saturated heterocycles. The number of hydrazone groups is 1. The number of carbonyl (C=O) groups is 1. The summed E-state index contributed by atoms with van der Waals surface area (Å²) in [6.07, 6.45) is 1.45. The molecule has 2 rings (SSSR count). The molecule has 0 aliphatic heterocycles. The number of nitro groups is 1. The highest BCUT2D eigenvalue weighted by molar-refractivity contribution is 14.1. The fourth-order valence-electron chi connectivity index (χ4n) is 2.09. The Morgan fingerprint density at radius 1 is 1.38 bits per heavy atom. The molecule has 0 aliphatic rings. The Morgan fingerprint density at radius 3 is 2.81 bits per heavy atom. The Balaban J connectivity index is 2.13. The lowest BCUT2D eigenvalue weighted by Crippen LogP contribution is -2.17. The standard InChI is InChI=1S/C17H16IN3O5/c1-3-26-16-14(18)7-11(8-15(16)25-2)10-19-20-17(22)12-5-4-6-13(9-12)21(23)24/h4-10H,3H2,1-2H3,(H,20,22)/b19-10-. The minimum Gasteiger partial charge on any atom is -0.493 e. The van der Waals surface area contributed by atoms with Gasteiger partial charge in [-0.25, -0.2) is 5.43 Å². The highest BCUT2D eigenvalue weighted by Crippen LogP contribution is 2.33. The van der Waals surface area contributed by atoms with Crippen LogP contribution in [-0.4, -0.2) is 30.8 Å². The molecule has 8 nitrogen and oxygen atoms in total. The SMILES string of the molecule is CCOc1c(I)cc(/C=N\NC(=O)c2cccc([N+](=O)[O-])c2)cc1OC. The number of ether oxygens (including phenoxy) is 2. The molecule has 0 unspecified atom stereocenters. The van der Waals surface area contributed by atoms with Crippen LogP contribution in [0.25, 0.3) is 0 Å². The van der Waals surface area contributed by atoms with E-state index in [4.69, 9.17) is 9.47 Å². The van der Waals surface area contributed by atoms with E-state index < -0.39 is 10.8 Å². The number of methoxy groups -OCH3 is 1. The molecule has 26 heavy (non-hydrogen) atoms. The largest absolute Gasteiger partial charge is 0.493 e. The zero-order valence-electron chi connectivity index (χ0n) is 14.1. The van der Waals surface area contributed by atoms with Crippen molar-refractivity contribution in [2.24, 2.45) is 5.10 Å². The number of benzene rings is 2. The maximum absolute atomic E-state index is 12.0. The van der Waals surface area contributed by atoms with Gasteiger partial charge >= 0.3 is 0 Å². The number of nitro benzene ring substituents is 1. The first-order chi connectivity index (χ1) is 12.5. The third-order valence-electron chi connectivity index (χ3n) is 3.24. The third-order valence-corrected chi connectivity index (χ3v) is 4.04. The topological polar surface area (TPSA) is 103 Å². The molecular weight excluding hydrogens is 453 g/mol. The van der Waals surface area contributed by atoms with Crippen molar-refractivity contribution in [2.75, 3.05) is 13.7 Å². The lowest BCUT2D eigenvalue weighted by Gasteiger charge is -2.12. The molecule has 1 N–H and O–H groups in total. The van der Waals surface area contributed by atoms with E-state index in [1.165, 1.54) is 30.5 Å². The van der Waals surface area contributed by atoms with E-state index in [2.05, 4.69) is 33.1 Å². The summed E-state index contributed by atoms with van der Waals surface area (Å²) in [5.41, 5.74) is 3.04. The van der Waals surface area contributed by atoms with Gasteiger partial charge in [-0.3, -0.25) is 14.9 Å². The van der Waals surface area contributed by atoms with Crippen molar-refractivity contribution < 1.29 is 19.2 Å². The number of hydrogen-bond donors (Lipinski definition) is 1. The summed E-state index contributed by atoms with van der Waals surface area (Å²) in [5.74, 6) is 0.663. The molecule has 0 aromatic heterocycles. The molecule has 0 aliphatic carbocycles. The van der Waals surface area contributed by atoms with Crippen molar-refractivity contribution in [1.29, 1.82) is 0 Å². The molecule has 2 aromatic carbocycles. The van der Waals surface area contributed by atoms with Crippen molar-refractivity contribution >= 4 is 40.4 Å². The van der Waals surface area contributed by atoms with Crippen molar-refractivity contribution in [3.63, 3.8) is 0 Å². The Morgan fingerprint density at radius 2 is 2.15 bits per heavy atom. The maximum atomic E-state index is 12.0. The minimum absolute atomic E-state index is 0.148. The molecule has 9 heteroatoms. The number of nitrogens with one attached hydrogen (secondary N) is 1. The fraction of sp³-hybridized carbons (Fsp3) is 0.176. The van der Waals surface area contributed by atoms with Crippen LogP contribution in [0.15, 0.2) is 41.5 Å². The van der Waals surface area contributed by atoms with Gasteiger partial charge in [-0.15, -0.1) is 0 Å². The Hall–Kier alpha value is -2.69. The van der Waals surface area contributed by atoms with Crippen LogP contribution in [0.1, 0.15) is 22.8 Å². The van der Waals surface area contributed by atoms with Crippen LogP contribution < -0.4 is 14.9 Å². The molecule has 0 spiro atoms. The summed E-state index contributed by atoms with van der Waals surface area (Å²) < 4.78 is 11.7. The van der Waals surface area contributed by atoms with Gasteiger partial charge in [-0.2, -0.15) is 5.10 Å². The van der Waals surface area contributed by atoms with Crippen molar-refractivity contribution in [1.82, 2.24) is 5.43 Å². The predicted octanol–water partition coefficient (Wildman–Crippen LogP) is 3.37. The fourth-order valence-corrected chi connectivity index (χ4v) is 2.87. The van der Waals surface area contributed by atoms with Gasteiger partial charge in [0.15, 0.2) is 11.5 Å². The second kappa shape index (κ2) is 9.13. The van der Waals surface area contributed by atoms with Crippen LogP contribution in [-0.2, 0) is 0 Å². The van der Waals surface area contributed by atoms with Crippen LogP contribution >= 0.6 is 22.6 Å². The lowest BCUT2D eigenvalue weighted by molar-refractivity contribution is -0.384. The number of halogens is 1. The predicted molar refractivity (Wildman–Crippen MR) is 105 cm³/mol. The average molecular weight is 469 g/mol. The first-order valence-electron chi connectivity index (χ1n) is 7.54. The molecule has 0 atom stereocenters. The Kier molecular flexibility index (Phi) is 6.89. The van der Waals surface area contributed by atoms with Gasteiger partial charge in [0, 0.05) is 17.7 Å². The number of amides is 1. The van der Waals surface area contributed by atoms with Crippen molar-refractivity contribution in [3.05, 3.63) is 61.2 Å². The van der Waals surface area contributed by atoms with Gasteiger partial charge in [0.2, 0.25) is 0 Å². The Labute approximate surface area is 163 Å². The molecular formula is C17H16IN3O5. The molecule has 0 bridgehead atoms. The zero-order chi connectivity index (χ0) is 19.1. The van der Waals surface area contributed by atoms with Crippen LogP contribution in [0.5, 0.6) is 11.5 Å². The van der Waals surface area contributed by atoms with E-state index in [0.29, 0.717) is 23.7 Å². The molecule has 0 heterocycles. The van der Waals surface area contributed by atoms with E-state index in [0.717, 1.165) is 3.57 Å². The van der Waals surface area contributed by atoms with E-state index >= 15 is 0 Å². The van der Waals surface area contributed by atoms with Gasteiger partial charge < -0.3 is 9.47 Å². The number of hydrogen-bond acceptors (Lipinski definition) is 6. The number of non-ortho nitro benzene ring substituents is 1. The van der Waals surface area contributed by atoms with E-state index in [1.54, 1.807) is 13.2 Å². The van der Waals surface area contributed by atoms with Crippen LogP contribution in [0.3, 0.4) is 0 Å². The molecule has 0 radical (unpaired) electrons. The summed E-state index contributed by atoms with van der Waals surface area (Å²) in [6.45, 7) is 2.40. The van der Waals surface area contributed by atoms with Crippen LogP contribution in [0, 0.1) is 13.7 Å². The second-order valence-electron chi connectivity index (χ2n) is 4.97. The molecule has 0 fully saturated rings. The lowest BCUT2D eigenvalue weighted by atomic mass is 10.2. The molecule has 1 amide bonds. The van der Waals surface area contributed by atoms with Crippen LogP contribution in [0.4, 0.5) is 5.69 Å².